The van der Waals surface area contributed by atoms with Crippen molar-refractivity contribution in [1.82, 2.24) is 5.32 Å². The Morgan fingerprint density at radius 1 is 1.29 bits per heavy atom. The first-order valence-electron chi connectivity index (χ1n) is 6.01. The Balaban J connectivity index is 2.01. The number of nitro groups is 1. The summed E-state index contributed by atoms with van der Waals surface area (Å²) in [6, 6.07) is 1.68. The summed E-state index contributed by atoms with van der Waals surface area (Å²) in [6.07, 6.45) is 0.633. The smallest absolute Gasteiger partial charge is 0.276 e. The van der Waals surface area contributed by atoms with Gasteiger partial charge in [-0.05, 0) is 18.9 Å². The summed E-state index contributed by atoms with van der Waals surface area (Å²) in [5, 5.41) is 12.6. The topological polar surface area (TPSA) is 110 Å². The van der Waals surface area contributed by atoms with E-state index < -0.39 is 39.7 Å². The van der Waals surface area contributed by atoms with Crippen LogP contribution in [0.1, 0.15) is 12.8 Å². The van der Waals surface area contributed by atoms with Crippen molar-refractivity contribution in [3.63, 3.8) is 0 Å². The van der Waals surface area contributed by atoms with Gasteiger partial charge in [0.15, 0.2) is 0 Å². The predicted octanol–water partition coefficient (Wildman–Crippen LogP) is 1.10. The highest BCUT2D eigenvalue weighted by Crippen LogP contribution is 2.49. The molecule has 8 nitrogen and oxygen atoms in total. The van der Waals surface area contributed by atoms with Gasteiger partial charge in [-0.2, -0.15) is 4.39 Å². The third kappa shape index (κ3) is 1.77. The summed E-state index contributed by atoms with van der Waals surface area (Å²) in [5.41, 5.74) is -2.17. The van der Waals surface area contributed by atoms with Gasteiger partial charge in [-0.25, -0.2) is 9.69 Å². The number of imide groups is 2. The van der Waals surface area contributed by atoms with Crippen LogP contribution < -0.4 is 10.2 Å². The third-order valence-corrected chi connectivity index (χ3v) is 3.61. The maximum Gasteiger partial charge on any atom is 0.335 e. The number of hydrogen-bond donors (Lipinski definition) is 1. The fraction of sp³-hybridized carbons (Fsp3) is 0.250. The molecule has 1 saturated carbocycles. The highest BCUT2D eigenvalue weighted by atomic mass is 19.1. The van der Waals surface area contributed by atoms with Crippen LogP contribution in [0.3, 0.4) is 0 Å². The van der Waals surface area contributed by atoms with Gasteiger partial charge in [0.25, 0.3) is 5.91 Å². The lowest BCUT2D eigenvalue weighted by molar-refractivity contribution is -0.387. The van der Waals surface area contributed by atoms with Gasteiger partial charge in [-0.3, -0.25) is 25.0 Å². The maximum absolute atomic E-state index is 13.6. The number of carbonyl (C=O) groups is 3. The van der Waals surface area contributed by atoms with Crippen LogP contribution >= 0.6 is 0 Å². The fourth-order valence-corrected chi connectivity index (χ4v) is 2.26. The SMILES string of the molecule is O=C1NC(=O)C2(CC2)C(=O)N1c1ccc([N+](=O)[O-])c(F)c1. The van der Waals surface area contributed by atoms with Crippen molar-refractivity contribution in [2.75, 3.05) is 4.90 Å². The first-order valence-corrected chi connectivity index (χ1v) is 6.01. The van der Waals surface area contributed by atoms with Crippen LogP contribution in [0.15, 0.2) is 18.2 Å². The van der Waals surface area contributed by atoms with Crippen LogP contribution in [0.5, 0.6) is 0 Å². The number of benzene rings is 1. The van der Waals surface area contributed by atoms with E-state index in [1.807, 2.05) is 5.32 Å². The standard InChI is InChI=1S/C12H8FN3O5/c13-7-5-6(1-2-8(7)16(20)21)15-10(18)12(3-4-12)9(17)14-11(15)19/h1-2,5H,3-4H2,(H,14,17,19). The van der Waals surface area contributed by atoms with Gasteiger partial charge < -0.3 is 0 Å². The van der Waals surface area contributed by atoms with E-state index in [-0.39, 0.29) is 5.69 Å². The Bertz CT molecular complexity index is 713. The second-order valence-corrected chi connectivity index (χ2v) is 4.87. The Kier molecular flexibility index (Phi) is 2.55. The monoisotopic (exact) mass is 293 g/mol. The summed E-state index contributed by atoms with van der Waals surface area (Å²) in [6.45, 7) is 0. The van der Waals surface area contributed by atoms with Crippen molar-refractivity contribution in [2.24, 2.45) is 5.41 Å². The summed E-state index contributed by atoms with van der Waals surface area (Å²) in [5.74, 6) is -2.56. The molecule has 2 aliphatic rings. The molecule has 1 aromatic carbocycles. The average molecular weight is 293 g/mol. The summed E-state index contributed by atoms with van der Waals surface area (Å²) < 4.78 is 13.6. The van der Waals surface area contributed by atoms with Gasteiger partial charge in [0.1, 0.15) is 5.41 Å². The molecule has 9 heteroatoms. The zero-order valence-electron chi connectivity index (χ0n) is 10.5. The molecule has 0 radical (unpaired) electrons. The summed E-state index contributed by atoms with van der Waals surface area (Å²) in [7, 11) is 0. The minimum absolute atomic E-state index is 0.153. The third-order valence-electron chi connectivity index (χ3n) is 3.61. The maximum atomic E-state index is 13.6. The van der Waals surface area contributed by atoms with E-state index in [1.54, 1.807) is 0 Å². The van der Waals surface area contributed by atoms with E-state index in [9.17, 15) is 28.9 Å². The molecule has 0 aromatic heterocycles. The zero-order valence-corrected chi connectivity index (χ0v) is 10.5. The molecule has 4 amide bonds. The number of anilines is 1. The molecule has 1 spiro atoms. The van der Waals surface area contributed by atoms with Gasteiger partial charge in [-0.15, -0.1) is 0 Å². The minimum atomic E-state index is -1.26. The van der Waals surface area contributed by atoms with Gasteiger partial charge in [0.05, 0.1) is 10.6 Å². The number of amides is 4. The minimum Gasteiger partial charge on any atom is -0.276 e. The van der Waals surface area contributed by atoms with Crippen LogP contribution in [-0.4, -0.2) is 22.8 Å². The Morgan fingerprint density at radius 2 is 1.95 bits per heavy atom. The highest BCUT2D eigenvalue weighted by Gasteiger charge is 2.62. The second kappa shape index (κ2) is 4.08. The van der Waals surface area contributed by atoms with E-state index in [2.05, 4.69) is 0 Å². The van der Waals surface area contributed by atoms with E-state index >= 15 is 0 Å². The molecule has 3 rings (SSSR count). The quantitative estimate of drug-likeness (QED) is 0.498. The normalized spacial score (nSPS) is 19.7. The molecule has 1 aliphatic heterocycles. The predicted molar refractivity (Wildman–Crippen MR) is 65.7 cm³/mol. The summed E-state index contributed by atoms with van der Waals surface area (Å²) in [4.78, 5) is 46.0. The lowest BCUT2D eigenvalue weighted by atomic mass is 10.0. The van der Waals surface area contributed by atoms with Crippen molar-refractivity contribution < 1.29 is 23.7 Å². The number of rotatable bonds is 2. The molecular formula is C12H8FN3O5. The zero-order chi connectivity index (χ0) is 15.4. The van der Waals surface area contributed by atoms with Gasteiger partial charge in [0.2, 0.25) is 11.7 Å². The van der Waals surface area contributed by atoms with Gasteiger partial charge in [0, 0.05) is 12.1 Å². The number of urea groups is 1. The molecule has 1 aromatic rings. The molecule has 1 aliphatic carbocycles. The molecule has 1 heterocycles. The van der Waals surface area contributed by atoms with Crippen molar-refractivity contribution in [2.45, 2.75) is 12.8 Å². The number of nitrogens with zero attached hydrogens (tertiary/aromatic N) is 2. The van der Waals surface area contributed by atoms with Crippen molar-refractivity contribution in [1.29, 1.82) is 0 Å². The summed E-state index contributed by atoms with van der Waals surface area (Å²) >= 11 is 0. The average Bonchev–Trinajstić information content (AvgIpc) is 3.18. The number of nitro benzene ring substituents is 1. The van der Waals surface area contributed by atoms with E-state index in [0.717, 1.165) is 18.2 Å². The Labute approximate surface area is 116 Å². The lowest BCUT2D eigenvalue weighted by Gasteiger charge is -2.30. The number of halogens is 1. The van der Waals surface area contributed by atoms with E-state index in [4.69, 9.17) is 0 Å². The van der Waals surface area contributed by atoms with Gasteiger partial charge >= 0.3 is 11.7 Å². The molecule has 2 fully saturated rings. The number of carbonyl (C=O) groups excluding carboxylic acids is 3. The highest BCUT2D eigenvalue weighted by molar-refractivity contribution is 6.31. The van der Waals surface area contributed by atoms with Gasteiger partial charge in [-0.1, -0.05) is 0 Å². The van der Waals surface area contributed by atoms with Crippen molar-refractivity contribution in [3.05, 3.63) is 34.1 Å². The fourth-order valence-electron chi connectivity index (χ4n) is 2.26. The molecule has 1 saturated heterocycles. The van der Waals surface area contributed by atoms with Crippen LogP contribution in [0.4, 0.5) is 20.6 Å². The lowest BCUT2D eigenvalue weighted by Crippen LogP contribution is -2.59. The molecule has 0 bridgehead atoms. The van der Waals surface area contributed by atoms with Crippen LogP contribution in [0.2, 0.25) is 0 Å². The number of nitrogens with one attached hydrogen (secondary N) is 1. The molecule has 1 N–H and O–H groups in total. The molecule has 21 heavy (non-hydrogen) atoms. The number of barbiturate groups is 1. The molecular weight excluding hydrogens is 285 g/mol. The van der Waals surface area contributed by atoms with Crippen LogP contribution in [-0.2, 0) is 9.59 Å². The first kappa shape index (κ1) is 13.2. The molecule has 108 valence electrons. The largest absolute Gasteiger partial charge is 0.335 e. The van der Waals surface area contributed by atoms with Crippen LogP contribution in [0.25, 0.3) is 0 Å². The Hall–Kier alpha value is -2.84. The van der Waals surface area contributed by atoms with E-state index in [0.29, 0.717) is 17.7 Å². The number of hydrogen-bond acceptors (Lipinski definition) is 5. The van der Waals surface area contributed by atoms with Crippen LogP contribution in [0, 0.1) is 21.3 Å². The Morgan fingerprint density at radius 3 is 2.48 bits per heavy atom. The van der Waals surface area contributed by atoms with Crippen molar-refractivity contribution >= 4 is 29.2 Å². The first-order chi connectivity index (χ1) is 9.86. The van der Waals surface area contributed by atoms with E-state index in [1.165, 1.54) is 0 Å². The second-order valence-electron chi connectivity index (χ2n) is 4.87. The molecule has 0 unspecified atom stereocenters. The molecule has 0 atom stereocenters. The van der Waals surface area contributed by atoms with Crippen molar-refractivity contribution in [3.8, 4) is 0 Å².